The van der Waals surface area contributed by atoms with Gasteiger partial charge in [0.1, 0.15) is 15.7 Å². The Morgan fingerprint density at radius 3 is 2.50 bits per heavy atom. The molecule has 0 saturated heterocycles. The first-order valence-corrected chi connectivity index (χ1v) is 7.50. The standard InChI is InChI=1S/C11H13FN2O5S/c1-20(18,19)5-4-13-11(17)14-7-2-3-8(10(15)16)9(12)6-7/h2-3,6H,4-5H2,1H3,(H,15,16)(H2,13,14,17). The number of hydrogen-bond donors (Lipinski definition) is 3. The van der Waals surface area contributed by atoms with Crippen LogP contribution in [0.25, 0.3) is 0 Å². The van der Waals surface area contributed by atoms with Gasteiger partial charge in [-0.15, -0.1) is 0 Å². The van der Waals surface area contributed by atoms with E-state index in [0.29, 0.717) is 0 Å². The number of carbonyl (C=O) groups is 2. The normalized spacial score (nSPS) is 10.9. The van der Waals surface area contributed by atoms with Crippen LogP contribution in [0.5, 0.6) is 0 Å². The van der Waals surface area contributed by atoms with Gasteiger partial charge in [0.2, 0.25) is 0 Å². The number of amides is 2. The highest BCUT2D eigenvalue weighted by atomic mass is 32.2. The van der Waals surface area contributed by atoms with E-state index < -0.39 is 33.2 Å². The van der Waals surface area contributed by atoms with Crippen LogP contribution in [0.2, 0.25) is 0 Å². The molecule has 0 saturated carbocycles. The number of nitrogens with one attached hydrogen (secondary N) is 2. The zero-order valence-electron chi connectivity index (χ0n) is 10.5. The predicted octanol–water partition coefficient (Wildman–Crippen LogP) is 0.690. The summed E-state index contributed by atoms with van der Waals surface area (Å²) < 4.78 is 35.0. The lowest BCUT2D eigenvalue weighted by atomic mass is 10.2. The topological polar surface area (TPSA) is 113 Å². The second-order valence-electron chi connectivity index (χ2n) is 4.01. The first-order valence-electron chi connectivity index (χ1n) is 5.44. The molecule has 0 aliphatic carbocycles. The second kappa shape index (κ2) is 6.33. The fourth-order valence-electron chi connectivity index (χ4n) is 1.29. The van der Waals surface area contributed by atoms with Gasteiger partial charge >= 0.3 is 12.0 Å². The largest absolute Gasteiger partial charge is 0.478 e. The number of carboxylic acids is 1. The molecule has 0 unspecified atom stereocenters. The summed E-state index contributed by atoms with van der Waals surface area (Å²) in [5, 5.41) is 13.2. The van der Waals surface area contributed by atoms with Crippen molar-refractivity contribution < 1.29 is 27.5 Å². The van der Waals surface area contributed by atoms with E-state index in [2.05, 4.69) is 10.6 Å². The lowest BCUT2D eigenvalue weighted by Gasteiger charge is -2.07. The molecule has 1 aromatic rings. The molecule has 0 aliphatic rings. The van der Waals surface area contributed by atoms with E-state index in [0.717, 1.165) is 18.4 Å². The number of urea groups is 1. The number of carboxylic acid groups (broad SMARTS) is 1. The average Bonchev–Trinajstić information content (AvgIpc) is 2.26. The van der Waals surface area contributed by atoms with Crippen LogP contribution in [0.3, 0.4) is 0 Å². The van der Waals surface area contributed by atoms with Crippen molar-refractivity contribution in [1.82, 2.24) is 5.32 Å². The van der Waals surface area contributed by atoms with Crippen molar-refractivity contribution in [3.63, 3.8) is 0 Å². The van der Waals surface area contributed by atoms with Crippen LogP contribution in [0.15, 0.2) is 18.2 Å². The van der Waals surface area contributed by atoms with Crippen LogP contribution in [0.4, 0.5) is 14.9 Å². The first kappa shape index (κ1) is 15.9. The summed E-state index contributed by atoms with van der Waals surface area (Å²) in [6, 6.07) is 2.39. The molecule has 0 spiro atoms. The Morgan fingerprint density at radius 1 is 1.35 bits per heavy atom. The van der Waals surface area contributed by atoms with Gasteiger partial charge in [0.25, 0.3) is 0 Å². The van der Waals surface area contributed by atoms with Gasteiger partial charge in [0.15, 0.2) is 0 Å². The third kappa shape index (κ3) is 5.22. The average molecular weight is 304 g/mol. The number of benzene rings is 1. The summed E-state index contributed by atoms with van der Waals surface area (Å²) in [7, 11) is -3.18. The molecule has 0 bridgehead atoms. The van der Waals surface area contributed by atoms with Crippen molar-refractivity contribution in [2.45, 2.75) is 0 Å². The third-order valence-corrected chi connectivity index (χ3v) is 3.16. The highest BCUT2D eigenvalue weighted by molar-refractivity contribution is 7.90. The lowest BCUT2D eigenvalue weighted by Crippen LogP contribution is -2.32. The highest BCUT2D eigenvalue weighted by Crippen LogP contribution is 2.14. The molecule has 1 rings (SSSR count). The molecular weight excluding hydrogens is 291 g/mol. The van der Waals surface area contributed by atoms with E-state index >= 15 is 0 Å². The Bertz CT molecular complexity index is 630. The molecule has 0 fully saturated rings. The Kier molecular flexibility index (Phi) is 5.03. The summed E-state index contributed by atoms with van der Waals surface area (Å²) in [5.41, 5.74) is -0.447. The van der Waals surface area contributed by atoms with Gasteiger partial charge in [0.05, 0.1) is 11.3 Å². The Hall–Kier alpha value is -2.16. The Balaban J connectivity index is 2.59. The number of anilines is 1. The van der Waals surface area contributed by atoms with Crippen LogP contribution in [0, 0.1) is 5.82 Å². The molecule has 3 N–H and O–H groups in total. The van der Waals surface area contributed by atoms with Crippen LogP contribution in [-0.2, 0) is 9.84 Å². The highest BCUT2D eigenvalue weighted by Gasteiger charge is 2.11. The molecule has 0 radical (unpaired) electrons. The molecule has 20 heavy (non-hydrogen) atoms. The summed E-state index contributed by atoms with van der Waals surface area (Å²) in [6.07, 6.45) is 1.03. The molecule has 0 aliphatic heterocycles. The summed E-state index contributed by atoms with van der Waals surface area (Å²) in [5.74, 6) is -2.61. The molecule has 1 aromatic carbocycles. The van der Waals surface area contributed by atoms with Gasteiger partial charge in [0, 0.05) is 18.5 Å². The maximum absolute atomic E-state index is 13.3. The monoisotopic (exact) mass is 304 g/mol. The van der Waals surface area contributed by atoms with E-state index in [9.17, 15) is 22.4 Å². The van der Waals surface area contributed by atoms with Gasteiger partial charge in [-0.05, 0) is 18.2 Å². The van der Waals surface area contributed by atoms with Crippen molar-refractivity contribution in [1.29, 1.82) is 0 Å². The van der Waals surface area contributed by atoms with E-state index in [1.54, 1.807) is 0 Å². The fourth-order valence-corrected chi connectivity index (χ4v) is 1.76. The van der Waals surface area contributed by atoms with Gasteiger partial charge in [-0.2, -0.15) is 0 Å². The number of halogens is 1. The Labute approximate surface area is 114 Å². The third-order valence-electron chi connectivity index (χ3n) is 2.22. The number of hydrogen-bond acceptors (Lipinski definition) is 4. The quantitative estimate of drug-likeness (QED) is 0.741. The Morgan fingerprint density at radius 2 is 2.00 bits per heavy atom. The molecule has 9 heteroatoms. The minimum Gasteiger partial charge on any atom is -0.478 e. The molecule has 0 heterocycles. The van der Waals surface area contributed by atoms with Crippen molar-refractivity contribution >= 4 is 27.5 Å². The minimum atomic E-state index is -3.18. The van der Waals surface area contributed by atoms with E-state index in [1.165, 1.54) is 6.07 Å². The number of sulfone groups is 1. The lowest BCUT2D eigenvalue weighted by molar-refractivity contribution is 0.0692. The van der Waals surface area contributed by atoms with Gasteiger partial charge in [-0.25, -0.2) is 22.4 Å². The maximum Gasteiger partial charge on any atom is 0.338 e. The maximum atomic E-state index is 13.3. The number of aromatic carboxylic acids is 1. The van der Waals surface area contributed by atoms with E-state index in [1.807, 2.05) is 0 Å². The predicted molar refractivity (Wildman–Crippen MR) is 70.1 cm³/mol. The summed E-state index contributed by atoms with van der Waals surface area (Å²) in [4.78, 5) is 22.0. The molecule has 7 nitrogen and oxygen atoms in total. The van der Waals surface area contributed by atoms with Crippen molar-refractivity contribution in [3.05, 3.63) is 29.6 Å². The SMILES string of the molecule is CS(=O)(=O)CCNC(=O)Nc1ccc(C(=O)O)c(F)c1. The summed E-state index contributed by atoms with van der Waals surface area (Å²) >= 11 is 0. The minimum absolute atomic E-state index is 0.0596. The number of carbonyl (C=O) groups excluding carboxylic acids is 1. The zero-order chi connectivity index (χ0) is 15.3. The molecule has 2 amide bonds. The fraction of sp³-hybridized carbons (Fsp3) is 0.273. The first-order chi connectivity index (χ1) is 9.19. The van der Waals surface area contributed by atoms with E-state index in [-0.39, 0.29) is 18.0 Å². The van der Waals surface area contributed by atoms with Crippen LogP contribution < -0.4 is 10.6 Å². The summed E-state index contributed by atoms with van der Waals surface area (Å²) in [6.45, 7) is -0.0830. The van der Waals surface area contributed by atoms with Crippen molar-refractivity contribution in [2.75, 3.05) is 23.9 Å². The smallest absolute Gasteiger partial charge is 0.338 e. The van der Waals surface area contributed by atoms with E-state index in [4.69, 9.17) is 5.11 Å². The van der Waals surface area contributed by atoms with Gasteiger partial charge in [-0.3, -0.25) is 0 Å². The van der Waals surface area contributed by atoms with Crippen molar-refractivity contribution in [2.24, 2.45) is 0 Å². The van der Waals surface area contributed by atoms with Crippen molar-refractivity contribution in [3.8, 4) is 0 Å². The van der Waals surface area contributed by atoms with Gasteiger partial charge in [-0.1, -0.05) is 0 Å². The second-order valence-corrected chi connectivity index (χ2v) is 6.27. The molecule has 0 atom stereocenters. The number of rotatable bonds is 5. The van der Waals surface area contributed by atoms with Gasteiger partial charge < -0.3 is 15.7 Å². The van der Waals surface area contributed by atoms with Crippen LogP contribution in [0.1, 0.15) is 10.4 Å². The van der Waals surface area contributed by atoms with Crippen LogP contribution in [-0.4, -0.2) is 44.1 Å². The van der Waals surface area contributed by atoms with Crippen LogP contribution >= 0.6 is 0 Å². The molecule has 110 valence electrons. The molecule has 0 aromatic heterocycles. The molecular formula is C11H13FN2O5S. The zero-order valence-corrected chi connectivity index (χ0v) is 11.3.